The Morgan fingerprint density at radius 3 is 1.65 bits per heavy atom. The quantitative estimate of drug-likeness (QED) is 0.128. The van der Waals surface area contributed by atoms with Crippen LogP contribution in [-0.2, 0) is 16.1 Å². The molecule has 1 rings (SSSR count). The van der Waals surface area contributed by atoms with Gasteiger partial charge < -0.3 is 36.2 Å². The van der Waals surface area contributed by atoms with Gasteiger partial charge in [0.05, 0.1) is 12.7 Å². The number of nitrogens with one attached hydrogen (secondary N) is 2. The Labute approximate surface area is 221 Å². The lowest BCUT2D eigenvalue weighted by Gasteiger charge is -2.25. The van der Waals surface area contributed by atoms with E-state index in [4.69, 9.17) is 5.11 Å². The molecule has 37 heavy (non-hydrogen) atoms. The van der Waals surface area contributed by atoms with E-state index in [0.717, 1.165) is 56.9 Å². The third-order valence-corrected chi connectivity index (χ3v) is 6.53. The SMILES string of the molecule is CC(C)c1ccc(CNC(=O)CCCCCCCCCCC(=O)NC[C@@H](O)[C@H](O)[C@@H](O)[C@@H](O)CO)cc1. The van der Waals surface area contributed by atoms with Crippen LogP contribution in [0.25, 0.3) is 0 Å². The number of rotatable bonds is 20. The van der Waals surface area contributed by atoms with E-state index in [9.17, 15) is 30.0 Å². The number of hydrogen-bond donors (Lipinski definition) is 7. The van der Waals surface area contributed by atoms with Crippen LogP contribution in [0.4, 0.5) is 0 Å². The summed E-state index contributed by atoms with van der Waals surface area (Å²) >= 11 is 0. The molecule has 9 heteroatoms. The first kappa shape index (κ1) is 33.0. The smallest absolute Gasteiger partial charge is 0.220 e. The van der Waals surface area contributed by atoms with E-state index in [-0.39, 0.29) is 18.4 Å². The summed E-state index contributed by atoms with van der Waals surface area (Å²) in [6.07, 6.45) is 2.29. The lowest BCUT2D eigenvalue weighted by Crippen LogP contribution is -2.49. The average molecular weight is 525 g/mol. The fraction of sp³-hybridized carbons (Fsp3) is 0.714. The van der Waals surface area contributed by atoms with Crippen molar-refractivity contribution in [2.24, 2.45) is 0 Å². The predicted octanol–water partition coefficient (Wildman–Crippen LogP) is 1.88. The predicted molar refractivity (Wildman–Crippen MR) is 143 cm³/mol. The van der Waals surface area contributed by atoms with Gasteiger partial charge in [0.15, 0.2) is 0 Å². The molecule has 0 spiro atoms. The van der Waals surface area contributed by atoms with E-state index in [1.54, 1.807) is 0 Å². The van der Waals surface area contributed by atoms with Gasteiger partial charge in [0.25, 0.3) is 0 Å². The summed E-state index contributed by atoms with van der Waals surface area (Å²) in [7, 11) is 0. The standard InChI is InChI=1S/C28H48N2O7/c1-20(2)22-15-13-21(14-16-22)17-29-25(34)11-9-7-5-3-4-6-8-10-12-26(35)30-18-23(32)27(36)28(37)24(33)19-31/h13-16,20,23-24,27-28,31-33,36-37H,3-12,17-19H2,1-2H3,(H,29,34)(H,30,35)/t23-,24+,27+,28+/m1/s1. The summed E-state index contributed by atoms with van der Waals surface area (Å²) in [5, 5.41) is 52.6. The van der Waals surface area contributed by atoms with Crippen molar-refractivity contribution in [3.05, 3.63) is 35.4 Å². The highest BCUT2D eigenvalue weighted by molar-refractivity contribution is 5.76. The Morgan fingerprint density at radius 2 is 1.16 bits per heavy atom. The molecule has 9 nitrogen and oxygen atoms in total. The van der Waals surface area contributed by atoms with Crippen molar-refractivity contribution < 1.29 is 35.1 Å². The van der Waals surface area contributed by atoms with E-state index in [0.29, 0.717) is 25.3 Å². The highest BCUT2D eigenvalue weighted by atomic mass is 16.4. The molecule has 0 bridgehead atoms. The van der Waals surface area contributed by atoms with E-state index >= 15 is 0 Å². The van der Waals surface area contributed by atoms with E-state index in [2.05, 4.69) is 48.7 Å². The number of aliphatic hydroxyl groups excluding tert-OH is 5. The van der Waals surface area contributed by atoms with Gasteiger partial charge in [0.2, 0.25) is 11.8 Å². The van der Waals surface area contributed by atoms with Crippen LogP contribution < -0.4 is 10.6 Å². The summed E-state index contributed by atoms with van der Waals surface area (Å²) in [5.74, 6) is 0.336. The molecule has 0 aliphatic rings. The summed E-state index contributed by atoms with van der Waals surface area (Å²) in [5.41, 5.74) is 2.41. The molecule has 2 amide bonds. The molecule has 1 aromatic carbocycles. The molecule has 4 atom stereocenters. The topological polar surface area (TPSA) is 159 Å². The largest absolute Gasteiger partial charge is 0.394 e. The van der Waals surface area contributed by atoms with Gasteiger partial charge in [0.1, 0.15) is 18.3 Å². The zero-order valence-electron chi connectivity index (χ0n) is 22.4. The van der Waals surface area contributed by atoms with E-state index in [1.165, 1.54) is 5.56 Å². The fourth-order valence-corrected chi connectivity index (χ4v) is 3.93. The maximum Gasteiger partial charge on any atom is 0.220 e. The fourth-order valence-electron chi connectivity index (χ4n) is 3.93. The van der Waals surface area contributed by atoms with Crippen LogP contribution >= 0.6 is 0 Å². The number of hydrogen-bond acceptors (Lipinski definition) is 7. The molecule has 0 radical (unpaired) electrons. The molecule has 0 aliphatic heterocycles. The van der Waals surface area contributed by atoms with Gasteiger partial charge in [-0.2, -0.15) is 0 Å². The van der Waals surface area contributed by atoms with Crippen molar-refractivity contribution in [3.63, 3.8) is 0 Å². The van der Waals surface area contributed by atoms with Crippen LogP contribution in [0.5, 0.6) is 0 Å². The molecule has 0 heterocycles. The average Bonchev–Trinajstić information content (AvgIpc) is 2.90. The number of carbonyl (C=O) groups excluding carboxylic acids is 2. The Kier molecular flexibility index (Phi) is 17.0. The van der Waals surface area contributed by atoms with Gasteiger partial charge in [-0.15, -0.1) is 0 Å². The zero-order valence-corrected chi connectivity index (χ0v) is 22.4. The molecule has 212 valence electrons. The van der Waals surface area contributed by atoms with Crippen molar-refractivity contribution in [1.29, 1.82) is 0 Å². The van der Waals surface area contributed by atoms with Gasteiger partial charge in [0, 0.05) is 25.9 Å². The first-order valence-corrected chi connectivity index (χ1v) is 13.6. The summed E-state index contributed by atoms with van der Waals surface area (Å²) < 4.78 is 0. The first-order valence-electron chi connectivity index (χ1n) is 13.6. The minimum absolute atomic E-state index is 0.0900. The summed E-state index contributed by atoms with van der Waals surface area (Å²) in [6.45, 7) is 3.89. The third kappa shape index (κ3) is 14.5. The molecule has 0 fully saturated rings. The monoisotopic (exact) mass is 524 g/mol. The van der Waals surface area contributed by atoms with Crippen molar-refractivity contribution >= 4 is 11.8 Å². The van der Waals surface area contributed by atoms with Crippen molar-refractivity contribution in [3.8, 4) is 0 Å². The number of benzene rings is 1. The number of carbonyl (C=O) groups is 2. The molecule has 0 unspecified atom stereocenters. The van der Waals surface area contributed by atoms with Crippen molar-refractivity contribution in [2.75, 3.05) is 13.2 Å². The third-order valence-electron chi connectivity index (χ3n) is 6.53. The molecule has 0 aliphatic carbocycles. The van der Waals surface area contributed by atoms with Crippen LogP contribution in [0.15, 0.2) is 24.3 Å². The zero-order chi connectivity index (χ0) is 27.6. The maximum absolute atomic E-state index is 12.0. The van der Waals surface area contributed by atoms with Crippen LogP contribution in [-0.4, -0.2) is 74.9 Å². The van der Waals surface area contributed by atoms with E-state index < -0.39 is 31.0 Å². The molecule has 0 saturated heterocycles. The maximum atomic E-state index is 12.0. The summed E-state index contributed by atoms with van der Waals surface area (Å²) in [6, 6.07) is 8.36. The molecule has 1 aromatic rings. The van der Waals surface area contributed by atoms with Gasteiger partial charge in [-0.3, -0.25) is 9.59 Å². The summed E-state index contributed by atoms with van der Waals surface area (Å²) in [4.78, 5) is 23.9. The second-order valence-corrected chi connectivity index (χ2v) is 10.1. The van der Waals surface area contributed by atoms with Crippen LogP contribution in [0.2, 0.25) is 0 Å². The normalized spacial score (nSPS) is 14.7. The lowest BCUT2D eigenvalue weighted by atomic mass is 10.0. The number of amides is 2. The van der Waals surface area contributed by atoms with E-state index in [1.807, 2.05) is 0 Å². The molecule has 0 aromatic heterocycles. The Balaban J connectivity index is 1.97. The minimum atomic E-state index is -1.70. The minimum Gasteiger partial charge on any atom is -0.394 e. The lowest BCUT2D eigenvalue weighted by molar-refractivity contribution is -0.126. The van der Waals surface area contributed by atoms with Gasteiger partial charge in [-0.05, 0) is 29.9 Å². The highest BCUT2D eigenvalue weighted by Gasteiger charge is 2.30. The molecular formula is C28H48N2O7. The van der Waals surface area contributed by atoms with Crippen molar-refractivity contribution in [1.82, 2.24) is 10.6 Å². The van der Waals surface area contributed by atoms with Crippen LogP contribution in [0, 0.1) is 0 Å². The Bertz CT molecular complexity index is 757. The Morgan fingerprint density at radius 1 is 0.703 bits per heavy atom. The molecule has 7 N–H and O–H groups in total. The molecular weight excluding hydrogens is 476 g/mol. The van der Waals surface area contributed by atoms with Crippen molar-refractivity contribution in [2.45, 2.75) is 115 Å². The highest BCUT2D eigenvalue weighted by Crippen LogP contribution is 2.15. The van der Waals surface area contributed by atoms with Gasteiger partial charge >= 0.3 is 0 Å². The first-order chi connectivity index (χ1) is 17.6. The second-order valence-electron chi connectivity index (χ2n) is 10.1. The van der Waals surface area contributed by atoms with Crippen LogP contribution in [0.1, 0.15) is 95.1 Å². The van der Waals surface area contributed by atoms with Gasteiger partial charge in [-0.25, -0.2) is 0 Å². The van der Waals surface area contributed by atoms with Gasteiger partial charge in [-0.1, -0.05) is 76.6 Å². The number of aliphatic hydroxyl groups is 5. The number of unbranched alkanes of at least 4 members (excludes halogenated alkanes) is 7. The second kappa shape index (κ2) is 19.1. The van der Waals surface area contributed by atoms with Crippen LogP contribution in [0.3, 0.4) is 0 Å². The molecule has 0 saturated carbocycles. The Hall–Kier alpha value is -2.04.